The molecule has 5 heteroatoms. The van der Waals surface area contributed by atoms with Gasteiger partial charge in [-0.2, -0.15) is 0 Å². The van der Waals surface area contributed by atoms with Gasteiger partial charge in [0.2, 0.25) is 0 Å². The third kappa shape index (κ3) is 3.74. The minimum Gasteiger partial charge on any atom is -0.467 e. The Morgan fingerprint density at radius 3 is 3.05 bits per heavy atom. The van der Waals surface area contributed by atoms with Crippen LogP contribution in [0.25, 0.3) is 0 Å². The SMILES string of the molecule is Cc1ccc(CN2CCOCC2CC(O)c2ccco2)nc1. The number of hydrogen-bond donors (Lipinski definition) is 1. The van der Waals surface area contributed by atoms with Crippen molar-refractivity contribution in [2.45, 2.75) is 32.0 Å². The Morgan fingerprint density at radius 2 is 2.32 bits per heavy atom. The monoisotopic (exact) mass is 302 g/mol. The normalized spacial score (nSPS) is 20.9. The van der Waals surface area contributed by atoms with Crippen molar-refractivity contribution in [3.05, 3.63) is 53.7 Å². The molecule has 3 rings (SSSR count). The summed E-state index contributed by atoms with van der Waals surface area (Å²) in [6, 6.07) is 7.90. The van der Waals surface area contributed by atoms with Crippen LogP contribution < -0.4 is 0 Å². The van der Waals surface area contributed by atoms with E-state index in [-0.39, 0.29) is 6.04 Å². The zero-order chi connectivity index (χ0) is 15.4. The minimum atomic E-state index is -0.602. The van der Waals surface area contributed by atoms with E-state index in [1.54, 1.807) is 18.4 Å². The fourth-order valence-electron chi connectivity index (χ4n) is 2.77. The van der Waals surface area contributed by atoms with E-state index in [1.807, 2.05) is 13.1 Å². The summed E-state index contributed by atoms with van der Waals surface area (Å²) in [6.07, 6.45) is 3.47. The Bertz CT molecular complexity index is 568. The van der Waals surface area contributed by atoms with Gasteiger partial charge < -0.3 is 14.3 Å². The van der Waals surface area contributed by atoms with Crippen LogP contribution >= 0.6 is 0 Å². The number of aliphatic hydroxyl groups excluding tert-OH is 1. The lowest BCUT2D eigenvalue weighted by atomic mass is 10.0. The molecule has 0 aromatic carbocycles. The zero-order valence-corrected chi connectivity index (χ0v) is 12.8. The second kappa shape index (κ2) is 7.05. The average Bonchev–Trinajstić information content (AvgIpc) is 3.06. The molecule has 1 fully saturated rings. The number of aromatic nitrogens is 1. The van der Waals surface area contributed by atoms with E-state index in [9.17, 15) is 5.11 Å². The van der Waals surface area contributed by atoms with Gasteiger partial charge in [-0.25, -0.2) is 0 Å². The summed E-state index contributed by atoms with van der Waals surface area (Å²) in [5.41, 5.74) is 2.21. The third-order valence-electron chi connectivity index (χ3n) is 4.05. The third-order valence-corrected chi connectivity index (χ3v) is 4.05. The highest BCUT2D eigenvalue weighted by Crippen LogP contribution is 2.23. The number of aliphatic hydroxyl groups is 1. The largest absolute Gasteiger partial charge is 0.467 e. The molecule has 0 bridgehead atoms. The predicted molar refractivity (Wildman–Crippen MR) is 82.3 cm³/mol. The number of furan rings is 1. The lowest BCUT2D eigenvalue weighted by Gasteiger charge is -2.36. The lowest BCUT2D eigenvalue weighted by Crippen LogP contribution is -2.45. The molecule has 1 aliphatic rings. The van der Waals surface area contributed by atoms with Crippen LogP contribution in [0.5, 0.6) is 0 Å². The summed E-state index contributed by atoms with van der Waals surface area (Å²) >= 11 is 0. The molecule has 118 valence electrons. The number of aryl methyl sites for hydroxylation is 1. The quantitative estimate of drug-likeness (QED) is 0.918. The average molecular weight is 302 g/mol. The maximum atomic E-state index is 10.3. The first kappa shape index (κ1) is 15.2. The van der Waals surface area contributed by atoms with Gasteiger partial charge in [0.25, 0.3) is 0 Å². The first-order valence-electron chi connectivity index (χ1n) is 7.67. The molecule has 2 atom stereocenters. The predicted octanol–water partition coefficient (Wildman–Crippen LogP) is 2.31. The van der Waals surface area contributed by atoms with Crippen LogP contribution in [0.1, 0.15) is 29.5 Å². The van der Waals surface area contributed by atoms with E-state index < -0.39 is 6.10 Å². The van der Waals surface area contributed by atoms with Gasteiger partial charge in [-0.15, -0.1) is 0 Å². The van der Waals surface area contributed by atoms with E-state index in [4.69, 9.17) is 9.15 Å². The Labute approximate surface area is 130 Å². The van der Waals surface area contributed by atoms with Crippen molar-refractivity contribution in [3.8, 4) is 0 Å². The van der Waals surface area contributed by atoms with Gasteiger partial charge in [-0.3, -0.25) is 9.88 Å². The summed E-state index contributed by atoms with van der Waals surface area (Å²) in [5, 5.41) is 10.3. The van der Waals surface area contributed by atoms with E-state index in [2.05, 4.69) is 22.0 Å². The second-order valence-electron chi connectivity index (χ2n) is 5.79. The summed E-state index contributed by atoms with van der Waals surface area (Å²) in [7, 11) is 0. The Morgan fingerprint density at radius 1 is 1.41 bits per heavy atom. The molecule has 1 aliphatic heterocycles. The van der Waals surface area contributed by atoms with Crippen LogP contribution in [0.3, 0.4) is 0 Å². The number of nitrogens with zero attached hydrogens (tertiary/aromatic N) is 2. The van der Waals surface area contributed by atoms with Crippen molar-refractivity contribution in [2.75, 3.05) is 19.8 Å². The Hall–Kier alpha value is -1.69. The second-order valence-corrected chi connectivity index (χ2v) is 5.79. The molecule has 2 unspecified atom stereocenters. The number of morpholine rings is 1. The lowest BCUT2D eigenvalue weighted by molar-refractivity contribution is -0.0327. The number of ether oxygens (including phenoxy) is 1. The van der Waals surface area contributed by atoms with Crippen LogP contribution in [0.2, 0.25) is 0 Å². The molecule has 2 aromatic rings. The summed E-state index contributed by atoms with van der Waals surface area (Å²) in [6.45, 7) is 5.02. The van der Waals surface area contributed by atoms with Gasteiger partial charge >= 0.3 is 0 Å². The smallest absolute Gasteiger partial charge is 0.132 e. The zero-order valence-electron chi connectivity index (χ0n) is 12.8. The first-order valence-corrected chi connectivity index (χ1v) is 7.67. The number of rotatable bonds is 5. The first-order chi connectivity index (χ1) is 10.7. The molecule has 22 heavy (non-hydrogen) atoms. The van der Waals surface area contributed by atoms with Crippen LogP contribution in [-0.4, -0.2) is 40.8 Å². The standard InChI is InChI=1S/C17H22N2O3/c1-13-4-5-14(18-10-13)11-19-6-8-21-12-15(19)9-16(20)17-3-2-7-22-17/h2-5,7,10,15-16,20H,6,8-9,11-12H2,1H3. The molecule has 1 saturated heterocycles. The number of hydrogen-bond acceptors (Lipinski definition) is 5. The molecule has 0 aliphatic carbocycles. The fraction of sp³-hybridized carbons (Fsp3) is 0.471. The summed E-state index contributed by atoms with van der Waals surface area (Å²) in [4.78, 5) is 6.80. The highest BCUT2D eigenvalue weighted by Gasteiger charge is 2.27. The van der Waals surface area contributed by atoms with Crippen molar-refractivity contribution in [1.82, 2.24) is 9.88 Å². The fourth-order valence-corrected chi connectivity index (χ4v) is 2.77. The molecule has 5 nitrogen and oxygen atoms in total. The Balaban J connectivity index is 1.64. The van der Waals surface area contributed by atoms with Gasteiger partial charge in [-0.1, -0.05) is 6.07 Å². The van der Waals surface area contributed by atoms with Crippen molar-refractivity contribution >= 4 is 0 Å². The molecule has 1 N–H and O–H groups in total. The van der Waals surface area contributed by atoms with E-state index >= 15 is 0 Å². The maximum Gasteiger partial charge on any atom is 0.132 e. The molecule has 0 amide bonds. The van der Waals surface area contributed by atoms with Crippen molar-refractivity contribution < 1.29 is 14.3 Å². The van der Waals surface area contributed by atoms with E-state index in [1.165, 1.54) is 0 Å². The van der Waals surface area contributed by atoms with E-state index in [0.29, 0.717) is 18.8 Å². The molecule has 0 saturated carbocycles. The molecule has 2 aromatic heterocycles. The Kier molecular flexibility index (Phi) is 4.87. The van der Waals surface area contributed by atoms with Crippen molar-refractivity contribution in [3.63, 3.8) is 0 Å². The van der Waals surface area contributed by atoms with Crippen LogP contribution in [0.4, 0.5) is 0 Å². The van der Waals surface area contributed by atoms with Crippen molar-refractivity contribution in [1.29, 1.82) is 0 Å². The molecular formula is C17H22N2O3. The van der Waals surface area contributed by atoms with Crippen molar-refractivity contribution in [2.24, 2.45) is 0 Å². The highest BCUT2D eigenvalue weighted by atomic mass is 16.5. The van der Waals surface area contributed by atoms with Gasteiger partial charge in [0.05, 0.1) is 25.2 Å². The number of pyridine rings is 1. The van der Waals surface area contributed by atoms with Crippen LogP contribution in [-0.2, 0) is 11.3 Å². The van der Waals surface area contributed by atoms with Gasteiger partial charge in [-0.05, 0) is 37.1 Å². The highest BCUT2D eigenvalue weighted by molar-refractivity contribution is 5.12. The van der Waals surface area contributed by atoms with Gasteiger partial charge in [0.15, 0.2) is 0 Å². The molecule has 3 heterocycles. The van der Waals surface area contributed by atoms with E-state index in [0.717, 1.165) is 31.0 Å². The maximum absolute atomic E-state index is 10.3. The molecular weight excluding hydrogens is 280 g/mol. The summed E-state index contributed by atoms with van der Waals surface area (Å²) in [5.74, 6) is 0.610. The van der Waals surface area contributed by atoms with Crippen LogP contribution in [0, 0.1) is 6.92 Å². The minimum absolute atomic E-state index is 0.164. The van der Waals surface area contributed by atoms with Gasteiger partial charge in [0, 0.05) is 25.3 Å². The summed E-state index contributed by atoms with van der Waals surface area (Å²) < 4.78 is 10.9. The van der Waals surface area contributed by atoms with Gasteiger partial charge in [0.1, 0.15) is 11.9 Å². The van der Waals surface area contributed by atoms with Crippen LogP contribution in [0.15, 0.2) is 41.1 Å². The topological polar surface area (TPSA) is 58.7 Å². The molecule has 0 radical (unpaired) electrons. The molecule has 0 spiro atoms.